The minimum absolute atomic E-state index is 0.0432. The van der Waals surface area contributed by atoms with E-state index in [0.29, 0.717) is 25.3 Å². The zero-order chi connectivity index (χ0) is 23.8. The second-order valence-corrected chi connectivity index (χ2v) is 9.35. The molecule has 182 valence electrons. The normalized spacial score (nSPS) is 14.4. The maximum atomic E-state index is 12.5. The van der Waals surface area contributed by atoms with Crippen molar-refractivity contribution in [2.75, 3.05) is 57.4 Å². The number of fused-ring (bicyclic) bond motifs is 1. The fourth-order valence-corrected chi connectivity index (χ4v) is 4.98. The summed E-state index contributed by atoms with van der Waals surface area (Å²) < 4.78 is 12.6. The minimum atomic E-state index is -0.0432. The molecule has 1 aromatic heterocycles. The number of ether oxygens (including phenoxy) is 2. The molecule has 1 aliphatic heterocycles. The molecule has 7 nitrogen and oxygen atoms in total. The number of para-hydroxylation sites is 1. The third-order valence-electron chi connectivity index (χ3n) is 5.91. The number of nitrogens with zero attached hydrogens (tertiary/aromatic N) is 3. The van der Waals surface area contributed by atoms with E-state index < -0.39 is 0 Å². The van der Waals surface area contributed by atoms with Gasteiger partial charge in [-0.15, -0.1) is 0 Å². The van der Waals surface area contributed by atoms with Crippen molar-refractivity contribution in [1.82, 2.24) is 15.2 Å². The van der Waals surface area contributed by atoms with Gasteiger partial charge in [-0.05, 0) is 49.7 Å². The summed E-state index contributed by atoms with van der Waals surface area (Å²) in [6.45, 7) is 10.7. The molecule has 0 aliphatic carbocycles. The molecule has 34 heavy (non-hydrogen) atoms. The lowest BCUT2D eigenvalue weighted by atomic mass is 10.2. The molecule has 1 fully saturated rings. The van der Waals surface area contributed by atoms with Crippen LogP contribution in [0.15, 0.2) is 42.5 Å². The van der Waals surface area contributed by atoms with Crippen LogP contribution >= 0.6 is 11.3 Å². The summed E-state index contributed by atoms with van der Waals surface area (Å²) in [5.41, 5.74) is 1.62. The Balaban J connectivity index is 1.21. The van der Waals surface area contributed by atoms with Crippen molar-refractivity contribution in [3.05, 3.63) is 48.0 Å². The monoisotopic (exact) mass is 482 g/mol. The van der Waals surface area contributed by atoms with Gasteiger partial charge in [-0.2, -0.15) is 0 Å². The summed E-state index contributed by atoms with van der Waals surface area (Å²) in [5.74, 6) is 1.62. The fraction of sp³-hybridized carbons (Fsp3) is 0.462. The lowest BCUT2D eigenvalue weighted by Crippen LogP contribution is -2.48. The number of carbonyl (C=O) groups is 1. The van der Waals surface area contributed by atoms with Crippen LogP contribution in [-0.4, -0.2) is 68.3 Å². The van der Waals surface area contributed by atoms with Crippen molar-refractivity contribution in [2.45, 2.75) is 26.7 Å². The van der Waals surface area contributed by atoms with Crippen LogP contribution in [-0.2, 0) is 0 Å². The number of unbranched alkanes of at least 4 members (excludes halogenated alkanes) is 1. The molecule has 0 spiro atoms. The Morgan fingerprint density at radius 3 is 2.59 bits per heavy atom. The van der Waals surface area contributed by atoms with E-state index in [1.807, 2.05) is 43.3 Å². The second-order valence-electron chi connectivity index (χ2n) is 8.34. The molecular formula is C26H34N4O3S. The smallest absolute Gasteiger partial charge is 0.251 e. The number of piperazine rings is 1. The number of nitrogens with one attached hydrogen (secondary N) is 1. The Morgan fingerprint density at radius 2 is 1.85 bits per heavy atom. The molecular weight excluding hydrogens is 448 g/mol. The molecule has 0 saturated carbocycles. The zero-order valence-corrected chi connectivity index (χ0v) is 20.9. The van der Waals surface area contributed by atoms with Gasteiger partial charge in [0.1, 0.15) is 17.0 Å². The molecule has 0 radical (unpaired) electrons. The van der Waals surface area contributed by atoms with Crippen LogP contribution in [0.1, 0.15) is 37.0 Å². The Kier molecular flexibility index (Phi) is 8.60. The predicted octanol–water partition coefficient (Wildman–Crippen LogP) is 4.43. The van der Waals surface area contributed by atoms with Gasteiger partial charge in [-0.1, -0.05) is 30.7 Å². The van der Waals surface area contributed by atoms with Gasteiger partial charge in [0.05, 0.1) is 17.9 Å². The van der Waals surface area contributed by atoms with E-state index in [4.69, 9.17) is 14.5 Å². The van der Waals surface area contributed by atoms with Crippen molar-refractivity contribution in [3.63, 3.8) is 0 Å². The number of amides is 1. The molecule has 2 aromatic carbocycles. The van der Waals surface area contributed by atoms with Crippen LogP contribution in [0.5, 0.6) is 11.5 Å². The van der Waals surface area contributed by atoms with Gasteiger partial charge in [0, 0.05) is 44.8 Å². The molecule has 0 unspecified atom stereocenters. The highest BCUT2D eigenvalue weighted by atomic mass is 32.1. The first kappa shape index (κ1) is 24.3. The number of hydrogen-bond acceptors (Lipinski definition) is 7. The van der Waals surface area contributed by atoms with Gasteiger partial charge in [0.15, 0.2) is 5.13 Å². The van der Waals surface area contributed by atoms with Crippen LogP contribution < -0.4 is 19.7 Å². The summed E-state index contributed by atoms with van der Waals surface area (Å²) in [4.78, 5) is 22.1. The average Bonchev–Trinajstić information content (AvgIpc) is 3.31. The largest absolute Gasteiger partial charge is 0.494 e. The third-order valence-corrected chi connectivity index (χ3v) is 6.99. The molecule has 0 atom stereocenters. The van der Waals surface area contributed by atoms with Crippen molar-refractivity contribution < 1.29 is 14.3 Å². The molecule has 0 bridgehead atoms. The van der Waals surface area contributed by atoms with Crippen molar-refractivity contribution in [2.24, 2.45) is 0 Å². The Morgan fingerprint density at radius 1 is 1.06 bits per heavy atom. The maximum Gasteiger partial charge on any atom is 0.251 e. The molecule has 4 rings (SSSR count). The number of thiazole rings is 1. The van der Waals surface area contributed by atoms with Gasteiger partial charge >= 0.3 is 0 Å². The number of benzene rings is 2. The SMILES string of the molecule is CCCCOc1ccc(C(=O)NCCN2CCN(c3nc4c(OCC)cccc4s3)CC2)cc1. The number of rotatable bonds is 11. The standard InChI is InChI=1S/C26H34N4O3S/c1-3-5-19-33-21-11-9-20(10-12-21)25(31)27-13-14-29-15-17-30(18-16-29)26-28-24-22(32-4-2)7-6-8-23(24)34-26/h6-12H,3-5,13-19H2,1-2H3,(H,27,31). The topological polar surface area (TPSA) is 66.9 Å². The van der Waals surface area contributed by atoms with E-state index in [1.165, 1.54) is 0 Å². The fourth-order valence-electron chi connectivity index (χ4n) is 3.95. The van der Waals surface area contributed by atoms with Crippen LogP contribution in [0.25, 0.3) is 10.2 Å². The number of anilines is 1. The zero-order valence-electron chi connectivity index (χ0n) is 20.1. The maximum absolute atomic E-state index is 12.5. The minimum Gasteiger partial charge on any atom is -0.494 e. The van der Waals surface area contributed by atoms with Crippen LogP contribution in [0.3, 0.4) is 0 Å². The van der Waals surface area contributed by atoms with Crippen molar-refractivity contribution in [3.8, 4) is 11.5 Å². The molecule has 2 heterocycles. The quantitative estimate of drug-likeness (QED) is 0.408. The predicted molar refractivity (Wildman–Crippen MR) is 139 cm³/mol. The summed E-state index contributed by atoms with van der Waals surface area (Å²) in [5, 5.41) is 4.09. The molecule has 1 saturated heterocycles. The number of hydrogen-bond donors (Lipinski definition) is 1. The highest BCUT2D eigenvalue weighted by Crippen LogP contribution is 2.34. The van der Waals surface area contributed by atoms with E-state index in [2.05, 4.69) is 28.1 Å². The number of aromatic nitrogens is 1. The van der Waals surface area contributed by atoms with Crippen LogP contribution in [0.4, 0.5) is 5.13 Å². The van der Waals surface area contributed by atoms with E-state index in [0.717, 1.165) is 72.4 Å². The first-order chi connectivity index (χ1) is 16.7. The lowest BCUT2D eigenvalue weighted by Gasteiger charge is -2.34. The molecule has 1 amide bonds. The van der Waals surface area contributed by atoms with E-state index in [1.54, 1.807) is 11.3 Å². The summed E-state index contributed by atoms with van der Waals surface area (Å²) in [7, 11) is 0. The van der Waals surface area contributed by atoms with Gasteiger partial charge in [-0.25, -0.2) is 4.98 Å². The van der Waals surface area contributed by atoms with Crippen LogP contribution in [0.2, 0.25) is 0 Å². The van der Waals surface area contributed by atoms with Crippen molar-refractivity contribution in [1.29, 1.82) is 0 Å². The first-order valence-corrected chi connectivity index (χ1v) is 13.0. The lowest BCUT2D eigenvalue weighted by molar-refractivity contribution is 0.0947. The Hall–Kier alpha value is -2.84. The highest BCUT2D eigenvalue weighted by Gasteiger charge is 2.20. The highest BCUT2D eigenvalue weighted by molar-refractivity contribution is 7.22. The third kappa shape index (κ3) is 6.18. The summed E-state index contributed by atoms with van der Waals surface area (Å²) in [6.07, 6.45) is 2.14. The molecule has 1 aliphatic rings. The molecule has 3 aromatic rings. The van der Waals surface area contributed by atoms with Crippen LogP contribution in [0, 0.1) is 0 Å². The van der Waals surface area contributed by atoms with Gasteiger partial charge in [0.2, 0.25) is 0 Å². The summed E-state index contributed by atoms with van der Waals surface area (Å²) >= 11 is 1.72. The first-order valence-electron chi connectivity index (χ1n) is 12.2. The van der Waals surface area contributed by atoms with E-state index in [-0.39, 0.29) is 5.91 Å². The Bertz CT molecular complexity index is 1060. The molecule has 1 N–H and O–H groups in total. The van der Waals surface area contributed by atoms with Gasteiger partial charge in [-0.3, -0.25) is 9.69 Å². The molecule has 8 heteroatoms. The van der Waals surface area contributed by atoms with E-state index in [9.17, 15) is 4.79 Å². The summed E-state index contributed by atoms with van der Waals surface area (Å²) in [6, 6.07) is 13.5. The van der Waals surface area contributed by atoms with Crippen molar-refractivity contribution >= 4 is 32.6 Å². The second kappa shape index (κ2) is 12.0. The van der Waals surface area contributed by atoms with E-state index >= 15 is 0 Å². The van der Waals surface area contributed by atoms with Gasteiger partial charge < -0.3 is 19.7 Å². The average molecular weight is 483 g/mol. The van der Waals surface area contributed by atoms with Gasteiger partial charge in [0.25, 0.3) is 5.91 Å². The Labute approximate surface area is 205 Å². The number of carbonyl (C=O) groups excluding carboxylic acids is 1.